The number of aryl methyl sites for hydroxylation is 1. The van der Waals surface area contributed by atoms with Gasteiger partial charge in [-0.05, 0) is 18.4 Å². The molecule has 0 saturated heterocycles. The molecule has 17 heavy (non-hydrogen) atoms. The first kappa shape index (κ1) is 11.9. The maximum absolute atomic E-state index is 12.0. The zero-order chi connectivity index (χ0) is 12.5. The summed E-state index contributed by atoms with van der Waals surface area (Å²) in [6.45, 7) is 1.68. The molecule has 8 heteroatoms. The van der Waals surface area contributed by atoms with Gasteiger partial charge in [-0.25, -0.2) is 8.42 Å². The van der Waals surface area contributed by atoms with Crippen molar-refractivity contribution in [2.75, 3.05) is 11.8 Å². The normalized spacial score (nSPS) is 11.4. The fourth-order valence-electron chi connectivity index (χ4n) is 1.23. The fourth-order valence-corrected chi connectivity index (χ4v) is 3.49. The lowest BCUT2D eigenvalue weighted by atomic mass is 10.5. The highest BCUT2D eigenvalue weighted by Gasteiger charge is 2.22. The Morgan fingerprint density at radius 3 is 2.88 bits per heavy atom. The van der Waals surface area contributed by atoms with Gasteiger partial charge in [-0.15, -0.1) is 11.3 Å². The Kier molecular flexibility index (Phi) is 3.07. The molecule has 0 aliphatic heterocycles. The lowest BCUT2D eigenvalue weighted by Gasteiger charge is -2.04. The number of nitrogens with zero attached hydrogens (tertiary/aromatic N) is 1. The number of hydrogen-bond donors (Lipinski definition) is 1. The molecule has 2 heterocycles. The van der Waals surface area contributed by atoms with Crippen molar-refractivity contribution in [3.8, 4) is 5.75 Å². The topological polar surface area (TPSA) is 81.4 Å². The highest BCUT2D eigenvalue weighted by Crippen LogP contribution is 2.30. The quantitative estimate of drug-likeness (QED) is 0.920. The van der Waals surface area contributed by atoms with Gasteiger partial charge in [-0.2, -0.15) is 0 Å². The molecule has 6 nitrogen and oxygen atoms in total. The van der Waals surface area contributed by atoms with Crippen molar-refractivity contribution in [2.45, 2.75) is 11.1 Å². The molecule has 2 aromatic heterocycles. The van der Waals surface area contributed by atoms with Gasteiger partial charge in [-0.1, -0.05) is 5.16 Å². The van der Waals surface area contributed by atoms with E-state index in [1.54, 1.807) is 18.4 Å². The molecule has 1 N–H and O–H groups in total. The van der Waals surface area contributed by atoms with Crippen LogP contribution in [-0.2, 0) is 10.0 Å². The molecule has 0 fully saturated rings. The van der Waals surface area contributed by atoms with E-state index in [-0.39, 0.29) is 10.0 Å². The summed E-state index contributed by atoms with van der Waals surface area (Å²) in [5.41, 5.74) is 0. The number of aromatic nitrogens is 1. The van der Waals surface area contributed by atoms with Crippen LogP contribution in [0.1, 0.15) is 5.76 Å². The number of nitrogens with one attached hydrogen (secondary N) is 1. The summed E-state index contributed by atoms with van der Waals surface area (Å²) in [6.07, 6.45) is 0. The zero-order valence-corrected chi connectivity index (χ0v) is 10.8. The van der Waals surface area contributed by atoms with Crippen LogP contribution >= 0.6 is 11.3 Å². The minimum absolute atomic E-state index is 0.112. The molecule has 0 amide bonds. The average molecular weight is 274 g/mol. The molecule has 0 radical (unpaired) electrons. The lowest BCUT2D eigenvalue weighted by molar-refractivity contribution is 0.400. The molecule has 2 rings (SSSR count). The van der Waals surface area contributed by atoms with E-state index in [0.717, 1.165) is 11.3 Å². The zero-order valence-electron chi connectivity index (χ0n) is 9.13. The smallest absolute Gasteiger partial charge is 0.276 e. The van der Waals surface area contributed by atoms with Crippen molar-refractivity contribution in [3.63, 3.8) is 0 Å². The largest absolute Gasteiger partial charge is 0.494 e. The molecule has 0 bridgehead atoms. The van der Waals surface area contributed by atoms with Gasteiger partial charge in [0.15, 0.2) is 10.0 Å². The number of hydrogen-bond acceptors (Lipinski definition) is 6. The molecular formula is C9H10N2O4S2. The second-order valence-electron chi connectivity index (χ2n) is 3.20. The number of rotatable bonds is 4. The van der Waals surface area contributed by atoms with Gasteiger partial charge in [0.25, 0.3) is 10.0 Å². The van der Waals surface area contributed by atoms with Crippen molar-refractivity contribution >= 4 is 27.2 Å². The third kappa shape index (κ3) is 2.42. The minimum Gasteiger partial charge on any atom is -0.494 e. The first-order valence-corrected chi connectivity index (χ1v) is 6.97. The van der Waals surface area contributed by atoms with Crippen molar-refractivity contribution in [2.24, 2.45) is 0 Å². The first-order chi connectivity index (χ1) is 8.03. The number of methoxy groups -OCH3 is 1. The monoisotopic (exact) mass is 274 g/mol. The molecular weight excluding hydrogens is 264 g/mol. The number of ether oxygens (including phenoxy) is 1. The van der Waals surface area contributed by atoms with E-state index in [9.17, 15) is 8.42 Å². The van der Waals surface area contributed by atoms with E-state index >= 15 is 0 Å². The summed E-state index contributed by atoms with van der Waals surface area (Å²) in [5.74, 6) is 0.988. The van der Waals surface area contributed by atoms with Gasteiger partial charge in [0.05, 0.1) is 7.11 Å². The van der Waals surface area contributed by atoms with E-state index in [2.05, 4.69) is 9.88 Å². The van der Waals surface area contributed by atoms with Crippen molar-refractivity contribution in [1.82, 2.24) is 5.16 Å². The summed E-state index contributed by atoms with van der Waals surface area (Å²) >= 11 is 1.07. The van der Waals surface area contributed by atoms with Crippen molar-refractivity contribution in [3.05, 3.63) is 23.3 Å². The van der Waals surface area contributed by atoms with Crippen molar-refractivity contribution < 1.29 is 17.7 Å². The summed E-state index contributed by atoms with van der Waals surface area (Å²) in [6, 6.07) is 3.09. The maximum Gasteiger partial charge on any atom is 0.276 e. The van der Waals surface area contributed by atoms with Gasteiger partial charge in [0.2, 0.25) is 0 Å². The van der Waals surface area contributed by atoms with Crippen LogP contribution < -0.4 is 9.46 Å². The van der Waals surface area contributed by atoms with E-state index in [4.69, 9.17) is 9.26 Å². The Morgan fingerprint density at radius 2 is 2.29 bits per heavy atom. The second-order valence-corrected chi connectivity index (χ2v) is 6.00. The molecule has 0 aromatic carbocycles. The number of sulfonamides is 1. The van der Waals surface area contributed by atoms with E-state index in [1.165, 1.54) is 13.2 Å². The van der Waals surface area contributed by atoms with Crippen LogP contribution in [0.5, 0.6) is 5.75 Å². The van der Waals surface area contributed by atoms with Gasteiger partial charge < -0.3 is 9.26 Å². The van der Waals surface area contributed by atoms with E-state index in [0.29, 0.717) is 11.5 Å². The predicted octanol–water partition coefficient (Wildman–Crippen LogP) is 1.85. The second kappa shape index (κ2) is 4.38. The molecule has 0 spiro atoms. The Hall–Kier alpha value is -1.54. The summed E-state index contributed by atoms with van der Waals surface area (Å²) in [7, 11) is -2.26. The molecule has 0 saturated carbocycles. The Balaban J connectivity index is 2.31. The molecule has 92 valence electrons. The Morgan fingerprint density at radius 1 is 1.53 bits per heavy atom. The average Bonchev–Trinajstić information content (AvgIpc) is 2.86. The summed E-state index contributed by atoms with van der Waals surface area (Å²) in [4.78, 5) is 0. The van der Waals surface area contributed by atoms with Crippen LogP contribution in [0.25, 0.3) is 0 Å². The summed E-state index contributed by atoms with van der Waals surface area (Å²) < 4.78 is 36.1. The maximum atomic E-state index is 12.0. The van der Waals surface area contributed by atoms with Crippen molar-refractivity contribution in [1.29, 1.82) is 0 Å². The van der Waals surface area contributed by atoms with Gasteiger partial charge in [-0.3, -0.25) is 4.72 Å². The highest BCUT2D eigenvalue weighted by atomic mass is 32.2. The van der Waals surface area contributed by atoms with Crippen LogP contribution in [0, 0.1) is 6.92 Å². The van der Waals surface area contributed by atoms with Crippen LogP contribution in [0.2, 0.25) is 0 Å². The first-order valence-electron chi connectivity index (χ1n) is 4.60. The van der Waals surface area contributed by atoms with Gasteiger partial charge >= 0.3 is 0 Å². The summed E-state index contributed by atoms with van der Waals surface area (Å²) in [5, 5.41) is 5.21. The van der Waals surface area contributed by atoms with Gasteiger partial charge in [0, 0.05) is 6.07 Å². The molecule has 0 unspecified atom stereocenters. The van der Waals surface area contributed by atoms with Crippen LogP contribution in [0.3, 0.4) is 0 Å². The van der Waals surface area contributed by atoms with Crippen LogP contribution in [0.15, 0.2) is 26.2 Å². The van der Waals surface area contributed by atoms with E-state index < -0.39 is 10.0 Å². The lowest BCUT2D eigenvalue weighted by Crippen LogP contribution is -2.12. The molecule has 2 aromatic rings. The molecule has 0 atom stereocenters. The fraction of sp³-hybridized carbons (Fsp3) is 0.222. The molecule has 0 aliphatic rings. The highest BCUT2D eigenvalue weighted by molar-refractivity contribution is 7.94. The number of anilines is 1. The van der Waals surface area contributed by atoms with Crippen LogP contribution in [-0.4, -0.2) is 20.7 Å². The Bertz CT molecular complexity index is 614. The standard InChI is InChI=1S/C9H10N2O4S2/c1-6-5-8(10-15-6)11-17(12,13)9-7(14-2)3-4-16-9/h3-5H,1-2H3,(H,10,11). The minimum atomic E-state index is -3.68. The third-order valence-corrected chi connectivity index (χ3v) is 4.73. The number of thiophene rings is 1. The van der Waals surface area contributed by atoms with Gasteiger partial charge in [0.1, 0.15) is 11.5 Å². The Labute approximate surface area is 102 Å². The predicted molar refractivity (Wildman–Crippen MR) is 62.9 cm³/mol. The van der Waals surface area contributed by atoms with Crippen LogP contribution in [0.4, 0.5) is 5.82 Å². The van der Waals surface area contributed by atoms with E-state index in [1.807, 2.05) is 0 Å². The molecule has 0 aliphatic carbocycles. The SMILES string of the molecule is COc1ccsc1S(=O)(=O)Nc1cc(C)on1. The third-order valence-electron chi connectivity index (χ3n) is 1.93.